The molecule has 4 N–H and O–H groups in total. The molecule has 0 aliphatic carbocycles. The Morgan fingerprint density at radius 3 is 3.08 bits per heavy atom. The Morgan fingerprint density at radius 2 is 2.42 bits per heavy atom. The minimum absolute atomic E-state index is 0.0104. The number of hydrogen-bond acceptors (Lipinski definition) is 5. The van der Waals surface area contributed by atoms with Gasteiger partial charge in [0.1, 0.15) is 12.3 Å². The van der Waals surface area contributed by atoms with E-state index in [1.807, 2.05) is 13.8 Å². The number of hydrogen-bond donors (Lipinski definition) is 3. The first-order valence-corrected chi connectivity index (χ1v) is 8.82. The van der Waals surface area contributed by atoms with Crippen LogP contribution in [0.1, 0.15) is 20.3 Å². The zero-order chi connectivity index (χ0) is 17.3. The number of carbonyl (C=O) groups is 1. The van der Waals surface area contributed by atoms with E-state index in [1.54, 1.807) is 12.4 Å². The molecule has 1 aliphatic rings. The van der Waals surface area contributed by atoms with Crippen LogP contribution in [0.15, 0.2) is 16.9 Å². The fourth-order valence-corrected chi connectivity index (χ4v) is 3.43. The van der Waals surface area contributed by atoms with Crippen LogP contribution in [-0.4, -0.2) is 47.7 Å². The fraction of sp³-hybridized carbons (Fsp3) is 0.500. The van der Waals surface area contributed by atoms with E-state index in [0.717, 1.165) is 40.7 Å². The van der Waals surface area contributed by atoms with Gasteiger partial charge in [-0.25, -0.2) is 4.98 Å². The number of carbonyl (C=O) groups excluding carboxylic acids is 1. The number of nitrogens with two attached hydrogens (primary N) is 1. The van der Waals surface area contributed by atoms with Crippen molar-refractivity contribution in [3.8, 4) is 0 Å². The molecule has 0 unspecified atom stereocenters. The Morgan fingerprint density at radius 1 is 1.62 bits per heavy atom. The van der Waals surface area contributed by atoms with Gasteiger partial charge in [0.05, 0.1) is 27.3 Å². The minimum Gasteiger partial charge on any atom is -0.369 e. The second kappa shape index (κ2) is 7.08. The standard InChI is InChI=1S/C16H22BrN5O2/c1-9(2)24-8-13(23)21-12-6-20-16-14(12)15(11(17)5-19-16)22-4-3-10(18)7-22/h5-6,9-10H,3-4,7-8,18H2,1-2H3,(H,19,20)(H,21,23)/t10-/m1/s1. The summed E-state index contributed by atoms with van der Waals surface area (Å²) in [5.41, 5.74) is 8.49. The summed E-state index contributed by atoms with van der Waals surface area (Å²) in [6.07, 6.45) is 4.49. The first kappa shape index (κ1) is 17.2. The predicted molar refractivity (Wildman–Crippen MR) is 98.3 cm³/mol. The van der Waals surface area contributed by atoms with Gasteiger partial charge in [-0.05, 0) is 36.2 Å². The van der Waals surface area contributed by atoms with E-state index in [4.69, 9.17) is 10.5 Å². The molecular formula is C16H22BrN5O2. The highest BCUT2D eigenvalue weighted by Gasteiger charge is 2.25. The molecule has 1 fully saturated rings. The maximum Gasteiger partial charge on any atom is 0.250 e. The van der Waals surface area contributed by atoms with Crippen LogP contribution in [0.25, 0.3) is 11.0 Å². The summed E-state index contributed by atoms with van der Waals surface area (Å²) in [6.45, 7) is 5.49. The lowest BCUT2D eigenvalue weighted by molar-refractivity contribution is -0.121. The lowest BCUT2D eigenvalue weighted by atomic mass is 10.2. The highest BCUT2D eigenvalue weighted by atomic mass is 79.9. The number of amides is 1. The number of halogens is 1. The van der Waals surface area contributed by atoms with E-state index in [-0.39, 0.29) is 24.7 Å². The molecule has 0 radical (unpaired) electrons. The summed E-state index contributed by atoms with van der Waals surface area (Å²) in [6, 6.07) is 0.163. The molecule has 3 rings (SSSR count). The van der Waals surface area contributed by atoms with Crippen molar-refractivity contribution in [2.45, 2.75) is 32.4 Å². The van der Waals surface area contributed by atoms with E-state index in [0.29, 0.717) is 5.69 Å². The number of ether oxygens (including phenoxy) is 1. The number of anilines is 2. The molecule has 0 bridgehead atoms. The second-order valence-electron chi connectivity index (χ2n) is 6.28. The van der Waals surface area contributed by atoms with Crippen molar-refractivity contribution in [3.05, 3.63) is 16.9 Å². The zero-order valence-electron chi connectivity index (χ0n) is 13.8. The Labute approximate surface area is 149 Å². The van der Waals surface area contributed by atoms with Crippen molar-refractivity contribution in [3.63, 3.8) is 0 Å². The lowest BCUT2D eigenvalue weighted by Crippen LogP contribution is -2.27. The molecule has 1 aliphatic heterocycles. The van der Waals surface area contributed by atoms with E-state index in [1.165, 1.54) is 0 Å². The average molecular weight is 396 g/mol. The number of H-pyrrole nitrogens is 1. The number of nitrogens with zero attached hydrogens (tertiary/aromatic N) is 2. The van der Waals surface area contributed by atoms with Gasteiger partial charge >= 0.3 is 0 Å². The maximum atomic E-state index is 12.1. The summed E-state index contributed by atoms with van der Waals surface area (Å²) in [5, 5.41) is 3.79. The van der Waals surface area contributed by atoms with Crippen molar-refractivity contribution in [1.29, 1.82) is 0 Å². The Hall–Kier alpha value is -1.64. The smallest absolute Gasteiger partial charge is 0.250 e. The van der Waals surface area contributed by atoms with E-state index >= 15 is 0 Å². The summed E-state index contributed by atoms with van der Waals surface area (Å²) >= 11 is 3.59. The van der Waals surface area contributed by atoms with Crippen molar-refractivity contribution in [1.82, 2.24) is 9.97 Å². The fourth-order valence-electron chi connectivity index (χ4n) is 2.88. The SMILES string of the molecule is CC(C)OCC(=O)Nc1c[nH]c2ncc(Br)c(N3CC[C@@H](N)C3)c12. The van der Waals surface area contributed by atoms with Crippen LogP contribution in [-0.2, 0) is 9.53 Å². The van der Waals surface area contributed by atoms with Gasteiger partial charge in [0.25, 0.3) is 0 Å². The third-order valence-corrected chi connectivity index (χ3v) is 4.57. The molecule has 7 nitrogen and oxygen atoms in total. The van der Waals surface area contributed by atoms with Gasteiger partial charge in [-0.2, -0.15) is 0 Å². The zero-order valence-corrected chi connectivity index (χ0v) is 15.4. The third-order valence-electron chi connectivity index (χ3n) is 3.99. The number of aromatic amines is 1. The van der Waals surface area contributed by atoms with Gasteiger partial charge < -0.3 is 25.7 Å². The second-order valence-corrected chi connectivity index (χ2v) is 7.14. The number of fused-ring (bicyclic) bond motifs is 1. The van der Waals surface area contributed by atoms with Crippen molar-refractivity contribution < 1.29 is 9.53 Å². The van der Waals surface area contributed by atoms with Gasteiger partial charge in [0.2, 0.25) is 5.91 Å². The molecule has 0 spiro atoms. The largest absolute Gasteiger partial charge is 0.369 e. The molecule has 130 valence electrons. The Bertz CT molecular complexity index is 745. The summed E-state index contributed by atoms with van der Waals surface area (Å²) < 4.78 is 6.24. The molecule has 2 aromatic rings. The van der Waals surface area contributed by atoms with Gasteiger partial charge in [-0.15, -0.1) is 0 Å². The van der Waals surface area contributed by atoms with Crippen LogP contribution >= 0.6 is 15.9 Å². The molecule has 1 atom stereocenters. The van der Waals surface area contributed by atoms with Crippen LogP contribution in [0.2, 0.25) is 0 Å². The topological polar surface area (TPSA) is 96.3 Å². The monoisotopic (exact) mass is 395 g/mol. The highest BCUT2D eigenvalue weighted by molar-refractivity contribution is 9.10. The third kappa shape index (κ3) is 3.55. The van der Waals surface area contributed by atoms with E-state index in [9.17, 15) is 4.79 Å². The van der Waals surface area contributed by atoms with Gasteiger partial charge in [-0.1, -0.05) is 0 Å². The molecule has 1 saturated heterocycles. The highest BCUT2D eigenvalue weighted by Crippen LogP contribution is 2.38. The molecule has 1 amide bonds. The summed E-state index contributed by atoms with van der Waals surface area (Å²) in [7, 11) is 0. The minimum atomic E-state index is -0.186. The quantitative estimate of drug-likeness (QED) is 0.720. The maximum absolute atomic E-state index is 12.1. The van der Waals surface area contributed by atoms with Gasteiger partial charge in [-0.3, -0.25) is 4.79 Å². The number of nitrogens with one attached hydrogen (secondary N) is 2. The Kier molecular flexibility index (Phi) is 5.07. The Balaban J connectivity index is 1.92. The average Bonchev–Trinajstić information content (AvgIpc) is 3.12. The van der Waals surface area contributed by atoms with E-state index < -0.39 is 0 Å². The van der Waals surface area contributed by atoms with E-state index in [2.05, 4.69) is 36.1 Å². The van der Waals surface area contributed by atoms with Gasteiger partial charge in [0.15, 0.2) is 0 Å². The molecule has 3 heterocycles. The van der Waals surface area contributed by atoms with Crippen molar-refractivity contribution in [2.75, 3.05) is 29.9 Å². The first-order chi connectivity index (χ1) is 11.5. The van der Waals surface area contributed by atoms with Crippen LogP contribution in [0, 0.1) is 0 Å². The molecular weight excluding hydrogens is 374 g/mol. The van der Waals surface area contributed by atoms with Crippen molar-refractivity contribution >= 4 is 44.2 Å². The molecule has 0 saturated carbocycles. The first-order valence-electron chi connectivity index (χ1n) is 8.03. The molecule has 0 aromatic carbocycles. The van der Waals surface area contributed by atoms with Gasteiger partial charge in [0, 0.05) is 31.5 Å². The molecule has 8 heteroatoms. The number of pyridine rings is 1. The van der Waals surface area contributed by atoms with Crippen LogP contribution in [0.4, 0.5) is 11.4 Å². The molecule has 2 aromatic heterocycles. The van der Waals surface area contributed by atoms with Crippen LogP contribution in [0.5, 0.6) is 0 Å². The molecule has 24 heavy (non-hydrogen) atoms. The number of rotatable bonds is 5. The van der Waals surface area contributed by atoms with Crippen LogP contribution < -0.4 is 16.0 Å². The number of aromatic nitrogens is 2. The van der Waals surface area contributed by atoms with Crippen LogP contribution in [0.3, 0.4) is 0 Å². The lowest BCUT2D eigenvalue weighted by Gasteiger charge is -2.21. The predicted octanol–water partition coefficient (Wildman–Crippen LogP) is 2.23. The normalized spacial score (nSPS) is 17.9. The summed E-state index contributed by atoms with van der Waals surface area (Å²) in [4.78, 5) is 21.8. The van der Waals surface area contributed by atoms with Crippen molar-refractivity contribution in [2.24, 2.45) is 5.73 Å². The summed E-state index contributed by atoms with van der Waals surface area (Å²) in [5.74, 6) is -0.186.